The van der Waals surface area contributed by atoms with Crippen molar-refractivity contribution in [2.75, 3.05) is 6.61 Å². The zero-order valence-corrected chi connectivity index (χ0v) is 24.8. The number of carbonyl (C=O) groups is 4. The lowest BCUT2D eigenvalue weighted by Gasteiger charge is -2.20. The van der Waals surface area contributed by atoms with Crippen molar-refractivity contribution in [1.29, 1.82) is 0 Å². The van der Waals surface area contributed by atoms with E-state index in [0.717, 1.165) is 12.8 Å². The van der Waals surface area contributed by atoms with Crippen molar-refractivity contribution in [3.05, 3.63) is 23.8 Å². The average Bonchev–Trinajstić information content (AvgIpc) is 2.82. The smallest absolute Gasteiger partial charge is 0.323 e. The number of hydrogen-bond donors (Lipinski definition) is 1. The normalized spacial score (nSPS) is 14.5. The first-order valence-electron chi connectivity index (χ1n) is 13.8. The molecule has 1 rings (SSSR count). The highest BCUT2D eigenvalue weighted by molar-refractivity contribution is 5.78. The van der Waals surface area contributed by atoms with Crippen LogP contribution in [0.4, 0.5) is 0 Å². The molecule has 0 aliphatic heterocycles. The number of nitrogens with two attached hydrogens (primary N) is 1. The van der Waals surface area contributed by atoms with Crippen LogP contribution >= 0.6 is 0 Å². The summed E-state index contributed by atoms with van der Waals surface area (Å²) in [6, 6.07) is 3.72. The van der Waals surface area contributed by atoms with Crippen LogP contribution in [-0.2, 0) is 35.1 Å². The van der Waals surface area contributed by atoms with E-state index in [9.17, 15) is 19.2 Å². The maximum absolute atomic E-state index is 12.5. The summed E-state index contributed by atoms with van der Waals surface area (Å²) in [5.41, 5.74) is 6.47. The maximum Gasteiger partial charge on any atom is 0.323 e. The number of benzene rings is 1. The Balaban J connectivity index is 2.89. The van der Waals surface area contributed by atoms with Crippen molar-refractivity contribution >= 4 is 23.9 Å². The van der Waals surface area contributed by atoms with E-state index in [4.69, 9.17) is 24.7 Å². The number of ether oxygens (including phenoxy) is 4. The number of esters is 4. The number of rotatable bonds is 15. The van der Waals surface area contributed by atoms with Crippen LogP contribution in [-0.4, -0.2) is 42.6 Å². The van der Waals surface area contributed by atoms with Crippen molar-refractivity contribution in [3.8, 4) is 11.5 Å². The minimum Gasteiger partial charge on any atom is -0.462 e. The fourth-order valence-corrected chi connectivity index (χ4v) is 3.38. The summed E-state index contributed by atoms with van der Waals surface area (Å²) in [5, 5.41) is 0. The molecule has 1 aromatic rings. The van der Waals surface area contributed by atoms with Crippen LogP contribution in [0.2, 0.25) is 0 Å². The summed E-state index contributed by atoms with van der Waals surface area (Å²) in [6.45, 7) is 15.2. The molecular formula is C30H47NO8. The second kappa shape index (κ2) is 16.2. The summed E-state index contributed by atoms with van der Waals surface area (Å²) in [6.07, 6.45) is 1.77. The van der Waals surface area contributed by atoms with Gasteiger partial charge in [-0.2, -0.15) is 0 Å². The molecule has 0 spiro atoms. The van der Waals surface area contributed by atoms with Crippen LogP contribution in [0.3, 0.4) is 0 Å². The Labute approximate surface area is 233 Å². The Kier molecular flexibility index (Phi) is 14.2. The molecule has 2 unspecified atom stereocenters. The lowest BCUT2D eigenvalue weighted by molar-refractivity contribution is -0.159. The Morgan fingerprint density at radius 3 is 1.90 bits per heavy atom. The Bertz CT molecular complexity index is 968. The Morgan fingerprint density at radius 2 is 1.38 bits per heavy atom. The standard InChI is InChI=1S/C30H47NO8/c1-9-19(3)13-26(32)38-24-12-11-22(16-25(24)39-27(33)14-20(4)10-2)15-23(31)29(35)37-21(5)18-36-28(34)17-30(6,7)8/h11-12,16,19-21,23H,9-10,13-15,17-18,31H2,1-8H3/t19?,20?,21-,23-/m0/s1. The minimum absolute atomic E-state index is 0.0691. The van der Waals surface area contributed by atoms with E-state index in [2.05, 4.69) is 0 Å². The van der Waals surface area contributed by atoms with Gasteiger partial charge in [-0.25, -0.2) is 0 Å². The lowest BCUT2D eigenvalue weighted by Crippen LogP contribution is -2.37. The zero-order valence-electron chi connectivity index (χ0n) is 24.8. The van der Waals surface area contributed by atoms with Gasteiger partial charge in [0.2, 0.25) is 0 Å². The molecular weight excluding hydrogens is 502 g/mol. The van der Waals surface area contributed by atoms with Gasteiger partial charge in [0, 0.05) is 12.8 Å². The summed E-state index contributed by atoms with van der Waals surface area (Å²) >= 11 is 0. The van der Waals surface area contributed by atoms with Crippen molar-refractivity contribution in [2.24, 2.45) is 23.0 Å². The largest absolute Gasteiger partial charge is 0.462 e. The van der Waals surface area contributed by atoms with E-state index in [1.807, 2.05) is 48.5 Å². The van der Waals surface area contributed by atoms with Gasteiger partial charge in [0.1, 0.15) is 18.8 Å². The molecule has 220 valence electrons. The predicted molar refractivity (Wildman–Crippen MR) is 148 cm³/mol. The SMILES string of the molecule is CCC(C)CC(=O)Oc1ccc(C[C@H](N)C(=O)O[C@@H](C)COC(=O)CC(C)(C)C)cc1OC(=O)CC(C)CC. The molecule has 0 aliphatic rings. The van der Waals surface area contributed by atoms with Crippen LogP contribution in [0.25, 0.3) is 0 Å². The topological polar surface area (TPSA) is 131 Å². The van der Waals surface area contributed by atoms with E-state index in [0.29, 0.717) is 5.56 Å². The monoisotopic (exact) mass is 549 g/mol. The van der Waals surface area contributed by atoms with E-state index >= 15 is 0 Å². The molecule has 39 heavy (non-hydrogen) atoms. The van der Waals surface area contributed by atoms with Crippen LogP contribution in [0.15, 0.2) is 18.2 Å². The maximum atomic E-state index is 12.5. The molecule has 0 aliphatic carbocycles. The molecule has 9 nitrogen and oxygen atoms in total. The first-order chi connectivity index (χ1) is 18.1. The molecule has 9 heteroatoms. The van der Waals surface area contributed by atoms with Gasteiger partial charge >= 0.3 is 23.9 Å². The molecule has 0 aromatic heterocycles. The highest BCUT2D eigenvalue weighted by Gasteiger charge is 2.23. The predicted octanol–water partition coefficient (Wildman–Crippen LogP) is 5.15. The molecule has 4 atom stereocenters. The zero-order chi connectivity index (χ0) is 29.8. The van der Waals surface area contributed by atoms with E-state index in [1.54, 1.807) is 19.1 Å². The van der Waals surface area contributed by atoms with Gasteiger partial charge in [0.05, 0.1) is 6.42 Å². The molecule has 0 saturated carbocycles. The Hall–Kier alpha value is -2.94. The summed E-state index contributed by atoms with van der Waals surface area (Å²) in [7, 11) is 0. The lowest BCUT2D eigenvalue weighted by atomic mass is 9.92. The molecule has 0 saturated heterocycles. The van der Waals surface area contributed by atoms with Crippen LogP contribution in [0.5, 0.6) is 11.5 Å². The van der Waals surface area contributed by atoms with Gasteiger partial charge in [-0.15, -0.1) is 0 Å². The van der Waals surface area contributed by atoms with Gasteiger partial charge in [-0.3, -0.25) is 19.2 Å². The molecule has 2 N–H and O–H groups in total. The number of hydrogen-bond acceptors (Lipinski definition) is 9. The second-order valence-corrected chi connectivity index (χ2v) is 11.6. The molecule has 1 aromatic carbocycles. The van der Waals surface area contributed by atoms with Gasteiger partial charge in [0.15, 0.2) is 11.5 Å². The van der Waals surface area contributed by atoms with Gasteiger partial charge < -0.3 is 24.7 Å². The van der Waals surface area contributed by atoms with Gasteiger partial charge in [-0.1, -0.05) is 67.4 Å². The average molecular weight is 550 g/mol. The van der Waals surface area contributed by atoms with Crippen LogP contribution < -0.4 is 15.2 Å². The third-order valence-electron chi connectivity index (χ3n) is 6.11. The van der Waals surface area contributed by atoms with Gasteiger partial charge in [0.25, 0.3) is 0 Å². The third-order valence-corrected chi connectivity index (χ3v) is 6.11. The van der Waals surface area contributed by atoms with Crippen molar-refractivity contribution in [1.82, 2.24) is 0 Å². The van der Waals surface area contributed by atoms with Crippen molar-refractivity contribution in [3.63, 3.8) is 0 Å². The van der Waals surface area contributed by atoms with Crippen LogP contribution in [0.1, 0.15) is 93.1 Å². The quantitative estimate of drug-likeness (QED) is 0.233. The molecule has 0 heterocycles. The van der Waals surface area contributed by atoms with Crippen LogP contribution in [0, 0.1) is 17.3 Å². The highest BCUT2D eigenvalue weighted by Crippen LogP contribution is 2.31. The second-order valence-electron chi connectivity index (χ2n) is 11.6. The molecule has 0 fully saturated rings. The summed E-state index contributed by atoms with van der Waals surface area (Å²) < 4.78 is 21.6. The molecule has 0 bridgehead atoms. The van der Waals surface area contributed by atoms with Crippen molar-refractivity contribution in [2.45, 2.75) is 106 Å². The fraction of sp³-hybridized carbons (Fsp3) is 0.667. The van der Waals surface area contributed by atoms with Crippen molar-refractivity contribution < 1.29 is 38.1 Å². The molecule has 0 radical (unpaired) electrons. The summed E-state index contributed by atoms with van der Waals surface area (Å²) in [5.74, 6) is -1.38. The summed E-state index contributed by atoms with van der Waals surface area (Å²) in [4.78, 5) is 49.3. The van der Waals surface area contributed by atoms with E-state index in [1.165, 1.54) is 6.07 Å². The molecule has 0 amide bonds. The minimum atomic E-state index is -1.01. The first kappa shape index (κ1) is 34.1. The third kappa shape index (κ3) is 14.1. The first-order valence-corrected chi connectivity index (χ1v) is 13.8. The van der Waals surface area contributed by atoms with E-state index in [-0.39, 0.29) is 67.0 Å². The highest BCUT2D eigenvalue weighted by atomic mass is 16.6. The number of carbonyl (C=O) groups excluding carboxylic acids is 4. The van der Waals surface area contributed by atoms with Gasteiger partial charge in [-0.05, 0) is 48.3 Å². The Morgan fingerprint density at radius 1 is 0.846 bits per heavy atom. The fourth-order valence-electron chi connectivity index (χ4n) is 3.38. The van der Waals surface area contributed by atoms with E-state index < -0.39 is 30.1 Å².